The largest absolute Gasteiger partial charge is 0.411 e. The van der Waals surface area contributed by atoms with Gasteiger partial charge >= 0.3 is 6.18 Å². The number of ether oxygens (including phenoxy) is 1. The van der Waals surface area contributed by atoms with Crippen LogP contribution < -0.4 is 5.73 Å². The Bertz CT molecular complexity index is 1680. The minimum Gasteiger partial charge on any atom is -0.398 e. The lowest BCUT2D eigenvalue weighted by molar-refractivity contribution is -0.180. The van der Waals surface area contributed by atoms with Crippen LogP contribution in [-0.4, -0.2) is 120 Å². The number of amidine groups is 2. The number of aliphatic hydroxyl groups is 1. The van der Waals surface area contributed by atoms with Crippen molar-refractivity contribution < 1.29 is 27.8 Å². The Hall–Kier alpha value is -4.07. The van der Waals surface area contributed by atoms with Gasteiger partial charge in [-0.05, 0) is 80.1 Å². The van der Waals surface area contributed by atoms with Crippen LogP contribution in [-0.2, 0) is 9.53 Å². The van der Waals surface area contributed by atoms with Gasteiger partial charge < -0.3 is 30.8 Å². The van der Waals surface area contributed by atoms with Gasteiger partial charge in [0.1, 0.15) is 30.4 Å². The van der Waals surface area contributed by atoms with Crippen LogP contribution in [0, 0.1) is 23.7 Å². The number of allylic oxidation sites excluding steroid dienone is 3. The van der Waals surface area contributed by atoms with E-state index in [9.17, 15) is 23.1 Å². The molecular weight excluding hydrogens is 647 g/mol. The normalized spacial score (nSPS) is 25.7. The lowest BCUT2D eigenvalue weighted by atomic mass is 9.71. The molecule has 3 saturated heterocycles. The monoisotopic (exact) mass is 693 g/mol. The number of aryl methyl sites for hydroxylation is 1. The summed E-state index contributed by atoms with van der Waals surface area (Å²) in [5.74, 6) is 1.06. The Kier molecular flexibility index (Phi) is 9.95. The fourth-order valence-electron chi connectivity index (χ4n) is 8.09. The molecule has 1 aromatic carbocycles. The predicted octanol–water partition coefficient (Wildman–Crippen LogP) is 4.39. The Balaban J connectivity index is 1.45. The SMILES string of the molecule is C=CC(=O)N1CC2(CCN(C3=NC(C4CCN(C(C)CO)C4)=NC4C3=CC(C=C)=C(c3c(C)ccc(N)c3C=N)C4OCC(F)(F)F)CC2)C1. The molecule has 1 amide bonds. The summed E-state index contributed by atoms with van der Waals surface area (Å²) >= 11 is 0. The number of nitrogens with two attached hydrogens (primary N) is 1. The minimum absolute atomic E-state index is 0.00925. The zero-order valence-corrected chi connectivity index (χ0v) is 28.7. The Labute approximate surface area is 291 Å². The molecule has 0 bridgehead atoms. The summed E-state index contributed by atoms with van der Waals surface area (Å²) < 4.78 is 47.7. The van der Waals surface area contributed by atoms with Gasteiger partial charge in [-0.1, -0.05) is 25.3 Å². The number of aliphatic hydroxyl groups excluding tert-OH is 1. The number of hydrogen-bond donors (Lipinski definition) is 3. The summed E-state index contributed by atoms with van der Waals surface area (Å²) in [4.78, 5) is 28.7. The van der Waals surface area contributed by atoms with Crippen LogP contribution >= 0.6 is 0 Å². The number of carbonyl (C=O) groups is 1. The second-order valence-electron chi connectivity index (χ2n) is 14.2. The molecule has 268 valence electrons. The van der Waals surface area contributed by atoms with Gasteiger partial charge in [-0.25, -0.2) is 4.99 Å². The highest BCUT2D eigenvalue weighted by Crippen LogP contribution is 2.45. The molecular formula is C37H46F3N7O3. The first-order valence-corrected chi connectivity index (χ1v) is 17.2. The van der Waals surface area contributed by atoms with Gasteiger partial charge in [0.2, 0.25) is 5.91 Å². The van der Waals surface area contributed by atoms with E-state index in [1.807, 2.05) is 19.9 Å². The van der Waals surface area contributed by atoms with E-state index in [4.69, 9.17) is 25.9 Å². The number of rotatable bonds is 9. The Morgan fingerprint density at radius 1 is 1.24 bits per heavy atom. The lowest BCUT2D eigenvalue weighted by Crippen LogP contribution is -2.62. The maximum Gasteiger partial charge on any atom is 0.411 e. The van der Waals surface area contributed by atoms with E-state index in [1.54, 1.807) is 23.1 Å². The van der Waals surface area contributed by atoms with Crippen molar-refractivity contribution in [2.75, 3.05) is 58.2 Å². The zero-order valence-electron chi connectivity index (χ0n) is 28.7. The molecule has 13 heteroatoms. The molecule has 1 spiro atoms. The minimum atomic E-state index is -4.61. The molecule has 4 atom stereocenters. The van der Waals surface area contributed by atoms with Crippen molar-refractivity contribution in [2.45, 2.75) is 57.5 Å². The number of hydrogen-bond acceptors (Lipinski definition) is 9. The number of aliphatic imine (C=N–C) groups is 2. The number of nitrogens with zero attached hydrogens (tertiary/aromatic N) is 5. The number of nitrogen functional groups attached to an aromatic ring is 1. The molecule has 1 aliphatic carbocycles. The van der Waals surface area contributed by atoms with Gasteiger partial charge in [0.25, 0.3) is 0 Å². The van der Waals surface area contributed by atoms with E-state index < -0.39 is 24.9 Å². The lowest BCUT2D eigenvalue weighted by Gasteiger charge is -2.54. The van der Waals surface area contributed by atoms with E-state index in [0.717, 1.165) is 37.6 Å². The summed E-state index contributed by atoms with van der Waals surface area (Å²) in [6, 6.07) is 2.56. The predicted molar refractivity (Wildman–Crippen MR) is 189 cm³/mol. The van der Waals surface area contributed by atoms with Crippen molar-refractivity contribution in [1.29, 1.82) is 5.41 Å². The number of fused-ring (bicyclic) bond motifs is 1. The molecule has 5 aliphatic rings. The average Bonchev–Trinajstić information content (AvgIpc) is 3.59. The van der Waals surface area contributed by atoms with Crippen molar-refractivity contribution in [1.82, 2.24) is 14.7 Å². The Morgan fingerprint density at radius 3 is 2.58 bits per heavy atom. The molecule has 6 rings (SSSR count). The molecule has 0 radical (unpaired) electrons. The van der Waals surface area contributed by atoms with E-state index in [2.05, 4.69) is 23.0 Å². The van der Waals surface area contributed by atoms with Crippen molar-refractivity contribution in [3.63, 3.8) is 0 Å². The number of alkyl halides is 3. The van der Waals surface area contributed by atoms with Crippen LogP contribution in [0.5, 0.6) is 0 Å². The molecule has 4 aliphatic heterocycles. The number of halogens is 3. The Morgan fingerprint density at radius 2 is 1.96 bits per heavy atom. The van der Waals surface area contributed by atoms with Crippen LogP contribution in [0.2, 0.25) is 0 Å². The molecule has 3 fully saturated rings. The highest BCUT2D eigenvalue weighted by atomic mass is 19.4. The van der Waals surface area contributed by atoms with Gasteiger partial charge in [0, 0.05) is 73.1 Å². The molecule has 4 N–H and O–H groups in total. The highest BCUT2D eigenvalue weighted by molar-refractivity contribution is 6.12. The number of piperidine rings is 1. The third kappa shape index (κ3) is 6.70. The quantitative estimate of drug-likeness (QED) is 0.200. The van der Waals surface area contributed by atoms with Gasteiger partial charge in [-0.2, -0.15) is 13.2 Å². The average molecular weight is 694 g/mol. The van der Waals surface area contributed by atoms with E-state index in [0.29, 0.717) is 77.9 Å². The van der Waals surface area contributed by atoms with Crippen LogP contribution in [0.4, 0.5) is 18.9 Å². The second-order valence-corrected chi connectivity index (χ2v) is 14.2. The summed E-state index contributed by atoms with van der Waals surface area (Å²) in [5.41, 5.74) is 9.98. The maximum atomic E-state index is 13.9. The van der Waals surface area contributed by atoms with Gasteiger partial charge in [-0.3, -0.25) is 14.7 Å². The molecule has 4 unspecified atom stereocenters. The summed E-state index contributed by atoms with van der Waals surface area (Å²) in [5, 5.41) is 18.0. The van der Waals surface area contributed by atoms with Crippen LogP contribution in [0.25, 0.3) is 5.57 Å². The molecule has 50 heavy (non-hydrogen) atoms. The topological polar surface area (TPSA) is 131 Å². The summed E-state index contributed by atoms with van der Waals surface area (Å²) in [7, 11) is 0. The fourth-order valence-corrected chi connectivity index (χ4v) is 8.09. The third-order valence-electron chi connectivity index (χ3n) is 10.9. The zero-order chi connectivity index (χ0) is 36.0. The molecule has 10 nitrogen and oxygen atoms in total. The van der Waals surface area contributed by atoms with Crippen LogP contribution in [0.1, 0.15) is 42.9 Å². The molecule has 0 aromatic heterocycles. The number of anilines is 1. The first kappa shape index (κ1) is 35.7. The molecule has 1 aromatic rings. The van der Waals surface area contributed by atoms with Gasteiger partial charge in [0.05, 0.1) is 6.61 Å². The first-order valence-electron chi connectivity index (χ1n) is 17.2. The standard InChI is InChI=1S/C37H46F3N7O3/c1-5-24-15-26-32(33(50-21-37(38,39)40)31(24)30-22(3)7-8-28(42)27(30)16-41)43-34(25-9-12-46(17-25)23(4)18-48)44-35(26)45-13-10-36(11-14-45)19-47(20-36)29(49)6-2/h5-8,15-16,23,25,32-33,41,48H,1-2,9-14,17-21,42H2,3-4H3. The van der Waals surface area contributed by atoms with Crippen molar-refractivity contribution in [2.24, 2.45) is 21.3 Å². The van der Waals surface area contributed by atoms with Crippen LogP contribution in [0.3, 0.4) is 0 Å². The van der Waals surface area contributed by atoms with Crippen LogP contribution in [0.15, 0.2) is 64.6 Å². The van der Waals surface area contributed by atoms with E-state index in [1.165, 1.54) is 6.08 Å². The van der Waals surface area contributed by atoms with Gasteiger partial charge in [-0.15, -0.1) is 0 Å². The highest BCUT2D eigenvalue weighted by Gasteiger charge is 2.49. The fraction of sp³-hybridized carbons (Fsp3) is 0.514. The van der Waals surface area contributed by atoms with E-state index in [-0.39, 0.29) is 29.9 Å². The second kappa shape index (κ2) is 13.9. The number of benzene rings is 1. The van der Waals surface area contributed by atoms with Crippen molar-refractivity contribution in [3.05, 3.63) is 71.4 Å². The number of nitrogens with one attached hydrogen (secondary N) is 1. The maximum absolute atomic E-state index is 13.9. The first-order chi connectivity index (χ1) is 23.8. The molecule has 4 heterocycles. The van der Waals surface area contributed by atoms with Gasteiger partial charge in [0.15, 0.2) is 0 Å². The summed E-state index contributed by atoms with van der Waals surface area (Å²) in [6.07, 6.45) is 2.58. The smallest absolute Gasteiger partial charge is 0.398 e. The number of carbonyl (C=O) groups excluding carboxylic acids is 1. The number of likely N-dealkylation sites (tertiary alicyclic amines) is 3. The number of amides is 1. The third-order valence-corrected chi connectivity index (χ3v) is 10.9. The van der Waals surface area contributed by atoms with E-state index >= 15 is 0 Å². The van der Waals surface area contributed by atoms with Crippen molar-refractivity contribution in [3.8, 4) is 0 Å². The molecule has 0 saturated carbocycles. The van der Waals surface area contributed by atoms with Crippen molar-refractivity contribution >= 4 is 35.1 Å². The summed E-state index contributed by atoms with van der Waals surface area (Å²) in [6.45, 7) is 14.0.